The Labute approximate surface area is 157 Å². The van der Waals surface area contributed by atoms with Crippen molar-refractivity contribution in [3.8, 4) is 0 Å². The fraction of sp³-hybridized carbons (Fsp3) is 0.238. The van der Waals surface area contributed by atoms with Crippen LogP contribution in [-0.2, 0) is 16.0 Å². The second-order valence-corrected chi connectivity index (χ2v) is 6.73. The molecule has 0 aliphatic carbocycles. The molecule has 138 valence electrons. The number of aromatic nitrogens is 1. The first-order valence-corrected chi connectivity index (χ1v) is 8.84. The third-order valence-corrected chi connectivity index (χ3v) is 5.11. The number of carbonyl (C=O) groups excluding carboxylic acids is 2. The Balaban J connectivity index is 1.71. The second kappa shape index (κ2) is 6.79. The zero-order chi connectivity index (χ0) is 19.0. The van der Waals surface area contributed by atoms with Crippen LogP contribution in [0.3, 0.4) is 0 Å². The first kappa shape index (κ1) is 17.1. The number of para-hydroxylation sites is 2. The van der Waals surface area contributed by atoms with Gasteiger partial charge in [-0.2, -0.15) is 0 Å². The molecule has 0 saturated carbocycles. The zero-order valence-corrected chi connectivity index (χ0v) is 15.3. The summed E-state index contributed by atoms with van der Waals surface area (Å²) in [7, 11) is 3.27. The molecular formula is C21H21N3O3. The maximum Gasteiger partial charge on any atom is 0.329 e. The van der Waals surface area contributed by atoms with Gasteiger partial charge in [-0.05, 0) is 23.8 Å². The number of ether oxygens (including phenoxy) is 1. The SMILES string of the molecule is COC(=O)[C@@H](Cc1c[nH]c2ccccc12)N1CN(C)c2ccccc2C1=O. The van der Waals surface area contributed by atoms with Crippen LogP contribution in [0.5, 0.6) is 0 Å². The number of fused-ring (bicyclic) bond motifs is 2. The molecule has 1 N–H and O–H groups in total. The molecule has 6 nitrogen and oxygen atoms in total. The van der Waals surface area contributed by atoms with Crippen molar-refractivity contribution in [2.75, 3.05) is 25.7 Å². The van der Waals surface area contributed by atoms with Crippen molar-refractivity contribution in [2.45, 2.75) is 12.5 Å². The van der Waals surface area contributed by atoms with Crippen LogP contribution in [-0.4, -0.2) is 48.6 Å². The summed E-state index contributed by atoms with van der Waals surface area (Å²) in [5, 5.41) is 1.05. The van der Waals surface area contributed by atoms with E-state index in [1.807, 2.05) is 60.6 Å². The van der Waals surface area contributed by atoms with Gasteiger partial charge in [-0.15, -0.1) is 0 Å². The fourth-order valence-electron chi connectivity index (χ4n) is 3.72. The molecule has 4 rings (SSSR count). The number of nitrogens with one attached hydrogen (secondary N) is 1. The number of amides is 1. The molecule has 1 atom stereocenters. The Hall–Kier alpha value is -3.28. The van der Waals surface area contributed by atoms with Gasteiger partial charge in [0.1, 0.15) is 6.04 Å². The van der Waals surface area contributed by atoms with Crippen LogP contribution in [0.1, 0.15) is 15.9 Å². The largest absolute Gasteiger partial charge is 0.467 e. The number of hydrogen-bond donors (Lipinski definition) is 1. The van der Waals surface area contributed by atoms with Crippen LogP contribution >= 0.6 is 0 Å². The fourth-order valence-corrected chi connectivity index (χ4v) is 3.72. The first-order valence-electron chi connectivity index (χ1n) is 8.84. The van der Waals surface area contributed by atoms with Gasteiger partial charge in [0.15, 0.2) is 0 Å². The highest BCUT2D eigenvalue weighted by molar-refractivity contribution is 6.03. The van der Waals surface area contributed by atoms with Gasteiger partial charge in [-0.1, -0.05) is 30.3 Å². The number of carbonyl (C=O) groups is 2. The molecule has 27 heavy (non-hydrogen) atoms. The van der Waals surface area contributed by atoms with Gasteiger partial charge in [-0.25, -0.2) is 4.79 Å². The minimum Gasteiger partial charge on any atom is -0.467 e. The molecule has 0 spiro atoms. The van der Waals surface area contributed by atoms with Crippen LogP contribution in [0, 0.1) is 0 Å². The van der Waals surface area contributed by atoms with Gasteiger partial charge in [0.2, 0.25) is 0 Å². The molecule has 0 fully saturated rings. The molecule has 2 aromatic carbocycles. The number of H-pyrrole nitrogens is 1. The van der Waals surface area contributed by atoms with E-state index in [1.165, 1.54) is 7.11 Å². The molecule has 0 unspecified atom stereocenters. The van der Waals surface area contributed by atoms with Crippen LogP contribution in [0.4, 0.5) is 5.69 Å². The number of esters is 1. The number of hydrogen-bond acceptors (Lipinski definition) is 4. The molecule has 0 saturated heterocycles. The van der Waals surface area contributed by atoms with E-state index in [9.17, 15) is 9.59 Å². The highest BCUT2D eigenvalue weighted by atomic mass is 16.5. The average Bonchev–Trinajstić information content (AvgIpc) is 3.11. The summed E-state index contributed by atoms with van der Waals surface area (Å²) in [5.74, 6) is -0.569. The van der Waals surface area contributed by atoms with E-state index < -0.39 is 12.0 Å². The molecule has 1 aliphatic heterocycles. The summed E-state index contributed by atoms with van der Waals surface area (Å²) in [6, 6.07) is 14.7. The maximum atomic E-state index is 13.1. The summed E-state index contributed by atoms with van der Waals surface area (Å²) < 4.78 is 5.04. The van der Waals surface area contributed by atoms with E-state index in [0.29, 0.717) is 18.7 Å². The monoisotopic (exact) mass is 363 g/mol. The van der Waals surface area contributed by atoms with Crippen LogP contribution in [0.25, 0.3) is 10.9 Å². The van der Waals surface area contributed by atoms with Crippen molar-refractivity contribution in [1.82, 2.24) is 9.88 Å². The molecule has 2 heterocycles. The minimum absolute atomic E-state index is 0.154. The Kier molecular flexibility index (Phi) is 4.32. The lowest BCUT2D eigenvalue weighted by molar-refractivity contribution is -0.146. The quantitative estimate of drug-likeness (QED) is 0.724. The number of anilines is 1. The average molecular weight is 363 g/mol. The highest BCUT2D eigenvalue weighted by Crippen LogP contribution is 2.29. The second-order valence-electron chi connectivity index (χ2n) is 6.73. The lowest BCUT2D eigenvalue weighted by atomic mass is 10.0. The van der Waals surface area contributed by atoms with Crippen LogP contribution in [0.2, 0.25) is 0 Å². The van der Waals surface area contributed by atoms with Crippen molar-refractivity contribution < 1.29 is 14.3 Å². The van der Waals surface area contributed by atoms with E-state index in [1.54, 1.807) is 11.0 Å². The first-order chi connectivity index (χ1) is 13.1. The van der Waals surface area contributed by atoms with Gasteiger partial charge in [0.25, 0.3) is 5.91 Å². The van der Waals surface area contributed by atoms with Crippen molar-refractivity contribution >= 4 is 28.5 Å². The summed E-state index contributed by atoms with van der Waals surface area (Å²) in [6.45, 7) is 0.331. The van der Waals surface area contributed by atoms with Gasteiger partial charge in [0.05, 0.1) is 25.0 Å². The minimum atomic E-state index is -0.697. The van der Waals surface area contributed by atoms with E-state index in [2.05, 4.69) is 4.98 Å². The Morgan fingerprint density at radius 3 is 2.74 bits per heavy atom. The number of nitrogens with zero attached hydrogens (tertiary/aromatic N) is 2. The van der Waals surface area contributed by atoms with Crippen molar-refractivity contribution in [3.05, 3.63) is 65.9 Å². The predicted octanol–water partition coefficient (Wildman–Crippen LogP) is 2.80. The lowest BCUT2D eigenvalue weighted by Crippen LogP contribution is -2.54. The molecular weight excluding hydrogens is 342 g/mol. The molecule has 1 aliphatic rings. The van der Waals surface area contributed by atoms with E-state index >= 15 is 0 Å². The topological polar surface area (TPSA) is 65.6 Å². The van der Waals surface area contributed by atoms with Gasteiger partial charge >= 0.3 is 5.97 Å². The highest BCUT2D eigenvalue weighted by Gasteiger charge is 2.36. The molecule has 1 aromatic heterocycles. The van der Waals surface area contributed by atoms with Gasteiger partial charge in [0, 0.05) is 30.6 Å². The number of aromatic amines is 1. The third-order valence-electron chi connectivity index (χ3n) is 5.11. The lowest BCUT2D eigenvalue weighted by Gasteiger charge is -2.39. The van der Waals surface area contributed by atoms with Crippen molar-refractivity contribution in [1.29, 1.82) is 0 Å². The Morgan fingerprint density at radius 2 is 1.93 bits per heavy atom. The molecule has 6 heteroatoms. The summed E-state index contributed by atoms with van der Waals surface area (Å²) in [5.41, 5.74) is 3.45. The Morgan fingerprint density at radius 1 is 1.19 bits per heavy atom. The summed E-state index contributed by atoms with van der Waals surface area (Å²) in [6.07, 6.45) is 2.28. The molecule has 0 radical (unpaired) electrons. The number of benzene rings is 2. The van der Waals surface area contributed by atoms with E-state index in [0.717, 1.165) is 22.2 Å². The molecule has 0 bridgehead atoms. The van der Waals surface area contributed by atoms with Crippen LogP contribution in [0.15, 0.2) is 54.7 Å². The standard InChI is InChI=1S/C21H21N3O3/c1-23-13-24(20(25)16-8-4-6-10-18(16)23)19(21(26)27-2)11-14-12-22-17-9-5-3-7-15(14)17/h3-10,12,19,22H,11,13H2,1-2H3/t19-/m1/s1. The number of rotatable bonds is 4. The summed E-state index contributed by atoms with van der Waals surface area (Å²) >= 11 is 0. The van der Waals surface area contributed by atoms with Gasteiger partial charge in [-0.3, -0.25) is 4.79 Å². The van der Waals surface area contributed by atoms with E-state index in [-0.39, 0.29) is 5.91 Å². The van der Waals surface area contributed by atoms with E-state index in [4.69, 9.17) is 4.74 Å². The van der Waals surface area contributed by atoms with Gasteiger partial charge < -0.3 is 19.5 Å². The zero-order valence-electron chi connectivity index (χ0n) is 15.3. The van der Waals surface area contributed by atoms with Crippen LogP contribution < -0.4 is 4.90 Å². The molecule has 3 aromatic rings. The third kappa shape index (κ3) is 2.93. The molecule has 1 amide bonds. The Bertz CT molecular complexity index is 1010. The summed E-state index contributed by atoms with van der Waals surface area (Å²) in [4.78, 5) is 32.5. The predicted molar refractivity (Wildman–Crippen MR) is 104 cm³/mol. The maximum absolute atomic E-state index is 13.1. The van der Waals surface area contributed by atoms with Crippen molar-refractivity contribution in [2.24, 2.45) is 0 Å². The number of methoxy groups -OCH3 is 1. The normalized spacial score (nSPS) is 15.0. The smallest absolute Gasteiger partial charge is 0.329 e. The van der Waals surface area contributed by atoms with Crippen molar-refractivity contribution in [3.63, 3.8) is 0 Å².